The van der Waals surface area contributed by atoms with Gasteiger partial charge in [-0.2, -0.15) is 0 Å². The second-order valence-electron chi connectivity index (χ2n) is 6.01. The summed E-state index contributed by atoms with van der Waals surface area (Å²) in [6.45, 7) is 9.00. The predicted octanol–water partition coefficient (Wildman–Crippen LogP) is 0.927. The quantitative estimate of drug-likeness (QED) is 0.825. The molecule has 108 valence electrons. The number of rotatable bonds is 4. The Balaban J connectivity index is 2.10. The lowest BCUT2D eigenvalue weighted by Gasteiger charge is -2.56. The molecule has 0 radical (unpaired) electrons. The van der Waals surface area contributed by atoms with Gasteiger partial charge in [0.25, 0.3) is 0 Å². The zero-order valence-electron chi connectivity index (χ0n) is 12.2. The van der Waals surface area contributed by atoms with Crippen LogP contribution in [-0.4, -0.2) is 48.1 Å². The zero-order valence-corrected chi connectivity index (χ0v) is 12.2. The Morgan fingerprint density at radius 2 is 2.05 bits per heavy atom. The summed E-state index contributed by atoms with van der Waals surface area (Å²) < 4.78 is 5.69. The molecule has 0 spiro atoms. The first kappa shape index (κ1) is 14.3. The van der Waals surface area contributed by atoms with Crippen molar-refractivity contribution in [3.63, 3.8) is 0 Å². The fourth-order valence-electron chi connectivity index (χ4n) is 3.15. The number of carbonyl (C=O) groups excluding carboxylic acids is 2. The zero-order chi connectivity index (χ0) is 14.2. The molecule has 1 saturated heterocycles. The third-order valence-electron chi connectivity index (χ3n) is 4.51. The van der Waals surface area contributed by atoms with Gasteiger partial charge in [0.05, 0.1) is 12.6 Å². The molecular formula is C14H24N2O3. The normalized spacial score (nSPS) is 33.9. The van der Waals surface area contributed by atoms with E-state index in [1.54, 1.807) is 4.90 Å². The Morgan fingerprint density at radius 1 is 1.37 bits per heavy atom. The van der Waals surface area contributed by atoms with E-state index in [9.17, 15) is 9.59 Å². The second kappa shape index (κ2) is 5.12. The van der Waals surface area contributed by atoms with E-state index in [2.05, 4.69) is 19.2 Å². The molecule has 2 rings (SSSR count). The minimum Gasteiger partial charge on any atom is -0.378 e. The van der Waals surface area contributed by atoms with E-state index in [1.807, 2.05) is 13.8 Å². The third-order valence-corrected chi connectivity index (χ3v) is 4.51. The van der Waals surface area contributed by atoms with Crippen molar-refractivity contribution in [3.8, 4) is 0 Å². The van der Waals surface area contributed by atoms with Crippen LogP contribution in [0.1, 0.15) is 40.5 Å². The molecule has 2 fully saturated rings. The van der Waals surface area contributed by atoms with Crippen LogP contribution in [-0.2, 0) is 14.3 Å². The van der Waals surface area contributed by atoms with Crippen LogP contribution in [0.3, 0.4) is 0 Å². The fraction of sp³-hybridized carbons (Fsp3) is 0.857. The maximum Gasteiger partial charge on any atom is 0.245 e. The van der Waals surface area contributed by atoms with Gasteiger partial charge in [0.15, 0.2) is 0 Å². The molecule has 1 saturated carbocycles. The maximum atomic E-state index is 12.4. The van der Waals surface area contributed by atoms with Gasteiger partial charge >= 0.3 is 0 Å². The molecule has 1 aliphatic carbocycles. The highest BCUT2D eigenvalue weighted by atomic mass is 16.5. The van der Waals surface area contributed by atoms with Gasteiger partial charge in [0, 0.05) is 18.1 Å². The SMILES string of the molecule is CCOC1CC(N2CC(=O)NC(CC)C2=O)C1(C)C. The smallest absolute Gasteiger partial charge is 0.245 e. The van der Waals surface area contributed by atoms with E-state index < -0.39 is 0 Å². The minimum absolute atomic E-state index is 0.0510. The molecule has 2 aliphatic rings. The topological polar surface area (TPSA) is 58.6 Å². The van der Waals surface area contributed by atoms with E-state index >= 15 is 0 Å². The van der Waals surface area contributed by atoms with Crippen LogP contribution < -0.4 is 5.32 Å². The number of nitrogens with one attached hydrogen (secondary N) is 1. The van der Waals surface area contributed by atoms with E-state index in [0.29, 0.717) is 13.0 Å². The van der Waals surface area contributed by atoms with Gasteiger partial charge in [0.2, 0.25) is 11.8 Å². The minimum atomic E-state index is -0.358. The summed E-state index contributed by atoms with van der Waals surface area (Å²) in [5.41, 5.74) is -0.0818. The molecule has 3 unspecified atom stereocenters. The van der Waals surface area contributed by atoms with Crippen LogP contribution in [0.25, 0.3) is 0 Å². The number of piperazine rings is 1. The van der Waals surface area contributed by atoms with E-state index in [4.69, 9.17) is 4.74 Å². The molecule has 0 aromatic carbocycles. The Kier molecular flexibility index (Phi) is 3.85. The molecule has 3 atom stereocenters. The van der Waals surface area contributed by atoms with Gasteiger partial charge in [-0.15, -0.1) is 0 Å². The van der Waals surface area contributed by atoms with E-state index in [0.717, 1.165) is 6.42 Å². The molecule has 5 nitrogen and oxygen atoms in total. The highest BCUT2D eigenvalue weighted by molar-refractivity contribution is 5.95. The van der Waals surface area contributed by atoms with Crippen molar-refractivity contribution in [1.82, 2.24) is 10.2 Å². The Bertz CT molecular complexity index is 381. The summed E-state index contributed by atoms with van der Waals surface area (Å²) >= 11 is 0. The van der Waals surface area contributed by atoms with Gasteiger partial charge in [-0.05, 0) is 19.8 Å². The van der Waals surface area contributed by atoms with Crippen molar-refractivity contribution >= 4 is 11.8 Å². The lowest BCUT2D eigenvalue weighted by molar-refractivity contribution is -0.175. The monoisotopic (exact) mass is 268 g/mol. The molecule has 19 heavy (non-hydrogen) atoms. The average Bonchev–Trinajstić information content (AvgIpc) is 2.37. The number of hydrogen-bond donors (Lipinski definition) is 1. The van der Waals surface area contributed by atoms with Gasteiger partial charge in [-0.1, -0.05) is 20.8 Å². The standard InChI is InChI=1S/C14H24N2O3/c1-5-9-13(18)16(8-12(17)15-9)10-7-11(19-6-2)14(10,3)4/h9-11H,5-8H2,1-4H3,(H,15,17). The number of hydrogen-bond acceptors (Lipinski definition) is 3. The number of nitrogens with zero attached hydrogens (tertiary/aromatic N) is 1. The van der Waals surface area contributed by atoms with Crippen molar-refractivity contribution in [1.29, 1.82) is 0 Å². The number of amides is 2. The van der Waals surface area contributed by atoms with Crippen molar-refractivity contribution in [2.75, 3.05) is 13.2 Å². The van der Waals surface area contributed by atoms with E-state index in [1.165, 1.54) is 0 Å². The molecule has 0 bridgehead atoms. The molecule has 0 aromatic heterocycles. The van der Waals surface area contributed by atoms with Crippen molar-refractivity contribution < 1.29 is 14.3 Å². The molecular weight excluding hydrogens is 244 g/mol. The number of ether oxygens (including phenoxy) is 1. The van der Waals surface area contributed by atoms with Gasteiger partial charge in [-0.3, -0.25) is 9.59 Å². The summed E-state index contributed by atoms with van der Waals surface area (Å²) in [6, 6.07) is -0.250. The Hall–Kier alpha value is -1.10. The summed E-state index contributed by atoms with van der Waals surface area (Å²) in [5.74, 6) is -0.00256. The van der Waals surface area contributed by atoms with Crippen LogP contribution >= 0.6 is 0 Å². The highest BCUT2D eigenvalue weighted by Crippen LogP contribution is 2.46. The molecule has 1 aliphatic heterocycles. The fourth-order valence-corrected chi connectivity index (χ4v) is 3.15. The summed E-state index contributed by atoms with van der Waals surface area (Å²) in [6.07, 6.45) is 1.65. The van der Waals surface area contributed by atoms with Crippen LogP contribution in [0.2, 0.25) is 0 Å². The lowest BCUT2D eigenvalue weighted by atomic mass is 9.63. The molecule has 0 aromatic rings. The molecule has 5 heteroatoms. The molecule has 2 amide bonds. The first-order valence-electron chi connectivity index (χ1n) is 7.13. The lowest BCUT2D eigenvalue weighted by Crippen LogP contribution is -2.69. The summed E-state index contributed by atoms with van der Waals surface area (Å²) in [7, 11) is 0. The van der Waals surface area contributed by atoms with Gasteiger partial charge < -0.3 is 15.0 Å². The third kappa shape index (κ3) is 2.36. The van der Waals surface area contributed by atoms with Crippen molar-refractivity contribution in [2.45, 2.75) is 58.7 Å². The first-order chi connectivity index (χ1) is 8.91. The average molecular weight is 268 g/mol. The Morgan fingerprint density at radius 3 is 2.58 bits per heavy atom. The second-order valence-corrected chi connectivity index (χ2v) is 6.01. The number of carbonyl (C=O) groups is 2. The first-order valence-corrected chi connectivity index (χ1v) is 7.13. The van der Waals surface area contributed by atoms with Crippen LogP contribution in [0.5, 0.6) is 0 Å². The van der Waals surface area contributed by atoms with Crippen LogP contribution in [0.4, 0.5) is 0 Å². The van der Waals surface area contributed by atoms with Crippen LogP contribution in [0, 0.1) is 5.41 Å². The van der Waals surface area contributed by atoms with Gasteiger partial charge in [0.1, 0.15) is 6.04 Å². The largest absolute Gasteiger partial charge is 0.378 e. The summed E-state index contributed by atoms with van der Waals surface area (Å²) in [4.78, 5) is 25.8. The highest BCUT2D eigenvalue weighted by Gasteiger charge is 2.54. The van der Waals surface area contributed by atoms with E-state index in [-0.39, 0.29) is 42.0 Å². The molecule has 1 heterocycles. The Labute approximate surface area is 114 Å². The van der Waals surface area contributed by atoms with Crippen LogP contribution in [0.15, 0.2) is 0 Å². The summed E-state index contributed by atoms with van der Waals surface area (Å²) in [5, 5.41) is 2.75. The predicted molar refractivity (Wildman–Crippen MR) is 71.5 cm³/mol. The van der Waals surface area contributed by atoms with Gasteiger partial charge in [-0.25, -0.2) is 0 Å². The van der Waals surface area contributed by atoms with Crippen molar-refractivity contribution in [2.24, 2.45) is 5.41 Å². The van der Waals surface area contributed by atoms with Crippen molar-refractivity contribution in [3.05, 3.63) is 0 Å². The molecule has 1 N–H and O–H groups in total. The maximum absolute atomic E-state index is 12.4.